The Labute approximate surface area is 183 Å². The van der Waals surface area contributed by atoms with Gasteiger partial charge in [0.05, 0.1) is 0 Å². The number of benzene rings is 1. The summed E-state index contributed by atoms with van der Waals surface area (Å²) in [5, 5.41) is 10.6. The van der Waals surface area contributed by atoms with Gasteiger partial charge in [0.15, 0.2) is 5.65 Å². The van der Waals surface area contributed by atoms with Gasteiger partial charge in [-0.1, -0.05) is 43.6 Å². The molecule has 30 heavy (non-hydrogen) atoms. The van der Waals surface area contributed by atoms with Crippen molar-refractivity contribution in [3.63, 3.8) is 0 Å². The topological polar surface area (TPSA) is 90.0 Å². The Morgan fingerprint density at radius 2 is 1.93 bits per heavy atom. The zero-order valence-corrected chi connectivity index (χ0v) is 18.8. The van der Waals surface area contributed by atoms with Crippen LogP contribution in [0.4, 0.5) is 0 Å². The van der Waals surface area contributed by atoms with Crippen LogP contribution in [0.2, 0.25) is 5.02 Å². The van der Waals surface area contributed by atoms with Crippen molar-refractivity contribution in [3.8, 4) is 0 Å². The molecule has 0 aliphatic rings. The molecule has 7 nitrogen and oxygen atoms in total. The van der Waals surface area contributed by atoms with Crippen molar-refractivity contribution in [2.75, 3.05) is 12.4 Å². The van der Waals surface area contributed by atoms with E-state index in [9.17, 15) is 9.59 Å². The van der Waals surface area contributed by atoms with E-state index in [2.05, 4.69) is 9.97 Å². The van der Waals surface area contributed by atoms with Crippen LogP contribution in [0.3, 0.4) is 0 Å². The molecule has 0 saturated carbocycles. The van der Waals surface area contributed by atoms with Crippen molar-refractivity contribution in [1.82, 2.24) is 19.1 Å². The first-order chi connectivity index (χ1) is 14.3. The highest BCUT2D eigenvalue weighted by molar-refractivity contribution is 7.99. The third-order valence-electron chi connectivity index (χ3n) is 4.59. The number of aromatic nitrogens is 4. The van der Waals surface area contributed by atoms with Gasteiger partial charge in [0, 0.05) is 37.4 Å². The van der Waals surface area contributed by atoms with Crippen LogP contribution < -0.4 is 11.2 Å². The first-order valence-corrected chi connectivity index (χ1v) is 11.2. The van der Waals surface area contributed by atoms with Gasteiger partial charge < -0.3 is 5.11 Å². The fourth-order valence-electron chi connectivity index (χ4n) is 3.14. The normalized spacial score (nSPS) is 11.5. The second kappa shape index (κ2) is 9.76. The molecule has 160 valence electrons. The molecule has 0 fully saturated rings. The van der Waals surface area contributed by atoms with Gasteiger partial charge in [-0.3, -0.25) is 13.9 Å². The van der Waals surface area contributed by atoms with Gasteiger partial charge >= 0.3 is 5.69 Å². The van der Waals surface area contributed by atoms with E-state index in [1.165, 1.54) is 18.8 Å². The Hall–Kier alpha value is -2.16. The molecule has 2 heterocycles. The standard InChI is InChI=1S/C21H25ClN4O3S/c1-13(2)12-26-18-17(20(28)25(3)21(26)29)19(30-10-6-9-27)24-16(23-18)11-14-7-4-5-8-15(14)22/h4-5,7-8,13,27H,6,9-12H2,1-3H3. The number of nitrogens with zero attached hydrogens (tertiary/aromatic N) is 4. The number of hydrogen-bond donors (Lipinski definition) is 1. The van der Waals surface area contributed by atoms with Gasteiger partial charge in [-0.15, -0.1) is 11.8 Å². The third-order valence-corrected chi connectivity index (χ3v) is 6.02. The predicted molar refractivity (Wildman–Crippen MR) is 121 cm³/mol. The number of thioether (sulfide) groups is 1. The smallest absolute Gasteiger partial charge is 0.332 e. The predicted octanol–water partition coefficient (Wildman–Crippen LogP) is 2.86. The molecule has 1 aromatic carbocycles. The van der Waals surface area contributed by atoms with E-state index in [-0.39, 0.29) is 12.5 Å². The Bertz CT molecular complexity index is 1170. The summed E-state index contributed by atoms with van der Waals surface area (Å²) >= 11 is 7.70. The molecule has 9 heteroatoms. The van der Waals surface area contributed by atoms with Crippen molar-refractivity contribution >= 4 is 34.4 Å². The van der Waals surface area contributed by atoms with E-state index in [4.69, 9.17) is 16.7 Å². The second-order valence-electron chi connectivity index (χ2n) is 7.49. The molecule has 0 spiro atoms. The Morgan fingerprint density at radius 3 is 2.60 bits per heavy atom. The minimum atomic E-state index is -0.411. The quantitative estimate of drug-likeness (QED) is 0.324. The minimum absolute atomic E-state index is 0.0541. The summed E-state index contributed by atoms with van der Waals surface area (Å²) in [4.78, 5) is 35.1. The largest absolute Gasteiger partial charge is 0.396 e. The minimum Gasteiger partial charge on any atom is -0.396 e. The summed E-state index contributed by atoms with van der Waals surface area (Å²) in [5.41, 5.74) is 0.410. The molecule has 3 rings (SSSR count). The lowest BCUT2D eigenvalue weighted by Crippen LogP contribution is -2.39. The number of halogens is 1. The molecule has 1 N–H and O–H groups in total. The molecule has 2 aromatic heterocycles. The Kier molecular flexibility index (Phi) is 7.33. The monoisotopic (exact) mass is 448 g/mol. The fourth-order valence-corrected chi connectivity index (χ4v) is 4.30. The van der Waals surface area contributed by atoms with Crippen molar-refractivity contribution < 1.29 is 5.11 Å². The zero-order valence-electron chi connectivity index (χ0n) is 17.3. The van der Waals surface area contributed by atoms with Gasteiger partial charge in [0.1, 0.15) is 16.2 Å². The molecule has 0 aliphatic carbocycles. The number of aliphatic hydroxyl groups is 1. The summed E-state index contributed by atoms with van der Waals surface area (Å²) < 4.78 is 2.66. The molecule has 0 amide bonds. The van der Waals surface area contributed by atoms with Crippen molar-refractivity contribution in [1.29, 1.82) is 0 Å². The van der Waals surface area contributed by atoms with Gasteiger partial charge in [0.2, 0.25) is 0 Å². The van der Waals surface area contributed by atoms with Crippen LogP contribution in [0.25, 0.3) is 11.0 Å². The lowest BCUT2D eigenvalue weighted by molar-refractivity contribution is 0.296. The van der Waals surface area contributed by atoms with Crippen molar-refractivity contribution in [3.05, 3.63) is 61.5 Å². The number of fused-ring (bicyclic) bond motifs is 1. The highest BCUT2D eigenvalue weighted by atomic mass is 35.5. The van der Waals surface area contributed by atoms with Gasteiger partial charge in [-0.25, -0.2) is 14.8 Å². The second-order valence-corrected chi connectivity index (χ2v) is 8.98. The third kappa shape index (κ3) is 4.77. The van der Waals surface area contributed by atoms with E-state index < -0.39 is 11.2 Å². The molecular formula is C21H25ClN4O3S. The Balaban J connectivity index is 2.26. The average Bonchev–Trinajstić information content (AvgIpc) is 2.71. The highest BCUT2D eigenvalue weighted by Crippen LogP contribution is 2.25. The van der Waals surface area contributed by atoms with Crippen LogP contribution in [0.1, 0.15) is 31.7 Å². The van der Waals surface area contributed by atoms with Crippen LogP contribution in [0.15, 0.2) is 38.9 Å². The van der Waals surface area contributed by atoms with Crippen LogP contribution >= 0.6 is 23.4 Å². The highest BCUT2D eigenvalue weighted by Gasteiger charge is 2.20. The fraction of sp³-hybridized carbons (Fsp3) is 0.429. The zero-order chi connectivity index (χ0) is 21.8. The van der Waals surface area contributed by atoms with E-state index in [0.29, 0.717) is 52.0 Å². The molecule has 0 aliphatic heterocycles. The maximum Gasteiger partial charge on any atom is 0.332 e. The maximum atomic E-state index is 13.0. The van der Waals surface area contributed by atoms with E-state index >= 15 is 0 Å². The molecular weight excluding hydrogens is 424 g/mol. The Morgan fingerprint density at radius 1 is 1.20 bits per heavy atom. The van der Waals surface area contributed by atoms with Crippen LogP contribution in [0, 0.1) is 5.92 Å². The van der Waals surface area contributed by atoms with Gasteiger partial charge in [-0.2, -0.15) is 0 Å². The van der Waals surface area contributed by atoms with Crippen LogP contribution in [-0.4, -0.2) is 36.6 Å². The van der Waals surface area contributed by atoms with E-state index in [1.54, 1.807) is 10.6 Å². The summed E-state index contributed by atoms with van der Waals surface area (Å²) in [6, 6.07) is 7.45. The van der Waals surface area contributed by atoms with Crippen molar-refractivity contribution in [2.24, 2.45) is 13.0 Å². The summed E-state index contributed by atoms with van der Waals surface area (Å²) in [5.74, 6) is 1.28. The first kappa shape index (κ1) is 22.5. The van der Waals surface area contributed by atoms with E-state index in [0.717, 1.165) is 10.1 Å². The summed E-state index contributed by atoms with van der Waals surface area (Å²) in [7, 11) is 1.47. The molecule has 0 saturated heterocycles. The number of hydrogen-bond acceptors (Lipinski definition) is 6. The molecule has 3 aromatic rings. The van der Waals surface area contributed by atoms with E-state index in [1.807, 2.05) is 32.0 Å². The lowest BCUT2D eigenvalue weighted by atomic mass is 10.1. The van der Waals surface area contributed by atoms with Crippen LogP contribution in [-0.2, 0) is 20.0 Å². The summed E-state index contributed by atoms with van der Waals surface area (Å²) in [6.07, 6.45) is 0.955. The van der Waals surface area contributed by atoms with Crippen molar-refractivity contribution in [2.45, 2.75) is 38.3 Å². The van der Waals surface area contributed by atoms with Gasteiger partial charge in [0.25, 0.3) is 5.56 Å². The van der Waals surface area contributed by atoms with Crippen LogP contribution in [0.5, 0.6) is 0 Å². The maximum absolute atomic E-state index is 13.0. The SMILES string of the molecule is CC(C)Cn1c(=O)n(C)c(=O)c2c(SCCCO)nc(Cc3ccccc3Cl)nc21. The van der Waals surface area contributed by atoms with Gasteiger partial charge in [-0.05, 0) is 24.0 Å². The average molecular weight is 449 g/mol. The molecule has 0 atom stereocenters. The molecule has 0 unspecified atom stereocenters. The molecule has 0 radical (unpaired) electrons. The first-order valence-electron chi connectivity index (χ1n) is 9.81. The summed E-state index contributed by atoms with van der Waals surface area (Å²) in [6.45, 7) is 4.50. The molecule has 0 bridgehead atoms. The number of aliphatic hydroxyl groups excluding tert-OH is 1. The number of rotatable bonds is 8. The lowest BCUT2D eigenvalue weighted by Gasteiger charge is -2.16.